The van der Waals surface area contributed by atoms with E-state index in [0.717, 1.165) is 5.56 Å². The fourth-order valence-corrected chi connectivity index (χ4v) is 3.16. The Kier molecular flexibility index (Phi) is 5.77. The van der Waals surface area contributed by atoms with Gasteiger partial charge in [0.1, 0.15) is 0 Å². The topological polar surface area (TPSA) is 148 Å². The van der Waals surface area contributed by atoms with Crippen molar-refractivity contribution in [1.82, 2.24) is 19.5 Å². The molecule has 0 unspecified atom stereocenters. The van der Waals surface area contributed by atoms with Crippen molar-refractivity contribution >= 4 is 33.0 Å². The molecule has 1 aromatic carbocycles. The second-order valence-electron chi connectivity index (χ2n) is 6.51. The van der Waals surface area contributed by atoms with Gasteiger partial charge >= 0.3 is 0 Å². The van der Waals surface area contributed by atoms with Gasteiger partial charge in [0, 0.05) is 19.1 Å². The van der Waals surface area contributed by atoms with E-state index < -0.39 is 10.0 Å². The third-order valence-electron chi connectivity index (χ3n) is 4.08. The van der Waals surface area contributed by atoms with Crippen molar-refractivity contribution in [1.29, 1.82) is 0 Å². The van der Waals surface area contributed by atoms with E-state index >= 15 is 0 Å². The molecule has 0 fully saturated rings. The number of aliphatic hydroxyl groups is 1. The lowest BCUT2D eigenvalue weighted by Crippen LogP contribution is -2.13. The van der Waals surface area contributed by atoms with E-state index in [2.05, 4.69) is 25.6 Å². The Hall–Kier alpha value is -2.76. The molecule has 0 saturated heterocycles. The normalized spacial score (nSPS) is 11.9. The summed E-state index contributed by atoms with van der Waals surface area (Å²) in [5.74, 6) is 0.927. The molecule has 5 N–H and O–H groups in total. The Morgan fingerprint density at radius 2 is 1.89 bits per heavy atom. The summed E-state index contributed by atoms with van der Waals surface area (Å²) in [6.07, 6.45) is 1.71. The molecule has 0 aliphatic rings. The number of imidazole rings is 1. The molecule has 11 heteroatoms. The molecular formula is C17H23N7O3S. The van der Waals surface area contributed by atoms with Crippen LogP contribution in [0, 0.1) is 0 Å². The number of nitrogens with two attached hydrogens (primary N) is 1. The van der Waals surface area contributed by atoms with Gasteiger partial charge in [-0.1, -0.05) is 12.1 Å². The highest BCUT2D eigenvalue weighted by molar-refractivity contribution is 7.89. The van der Waals surface area contributed by atoms with E-state index in [4.69, 9.17) is 10.2 Å². The van der Waals surface area contributed by atoms with Crippen LogP contribution in [-0.2, 0) is 16.6 Å². The lowest BCUT2D eigenvalue weighted by Gasteiger charge is -2.12. The number of anilines is 2. The summed E-state index contributed by atoms with van der Waals surface area (Å²) in [5, 5.41) is 20.4. The standard InChI is InChI=1S/C17H23N7O3S/c1-11(2)24-10-21-14-15(22-17(19-7-8-25)23-16(14)24)20-9-12-3-5-13(6-4-12)28(18,26)27/h3-6,10-11,25H,7-9H2,1-2H3,(H2,18,26,27)(H2,19,20,22,23). The van der Waals surface area contributed by atoms with Crippen LogP contribution >= 0.6 is 0 Å². The summed E-state index contributed by atoms with van der Waals surface area (Å²) in [5.41, 5.74) is 2.16. The molecule has 3 aromatic rings. The van der Waals surface area contributed by atoms with Crippen molar-refractivity contribution in [3.63, 3.8) is 0 Å². The molecule has 0 aliphatic carbocycles. The quantitative estimate of drug-likeness (QED) is 0.435. The Labute approximate surface area is 162 Å². The summed E-state index contributed by atoms with van der Waals surface area (Å²) in [4.78, 5) is 13.4. The van der Waals surface area contributed by atoms with Crippen LogP contribution in [0.3, 0.4) is 0 Å². The van der Waals surface area contributed by atoms with Gasteiger partial charge in [0.05, 0.1) is 17.8 Å². The lowest BCUT2D eigenvalue weighted by atomic mass is 10.2. The number of hydrogen-bond acceptors (Lipinski definition) is 8. The summed E-state index contributed by atoms with van der Waals surface area (Å²) in [6.45, 7) is 4.76. The molecular weight excluding hydrogens is 382 g/mol. The van der Waals surface area contributed by atoms with Crippen LogP contribution in [0.4, 0.5) is 11.8 Å². The van der Waals surface area contributed by atoms with Gasteiger partial charge in [-0.3, -0.25) is 0 Å². The van der Waals surface area contributed by atoms with Crippen molar-refractivity contribution in [2.24, 2.45) is 5.14 Å². The molecule has 0 spiro atoms. The maximum atomic E-state index is 11.4. The van der Waals surface area contributed by atoms with E-state index in [0.29, 0.717) is 36.0 Å². The van der Waals surface area contributed by atoms with Crippen LogP contribution in [-0.4, -0.2) is 46.2 Å². The maximum absolute atomic E-state index is 11.4. The predicted octanol–water partition coefficient (Wildman–Crippen LogP) is 1.07. The number of hydrogen-bond donors (Lipinski definition) is 4. The molecule has 2 aromatic heterocycles. The van der Waals surface area contributed by atoms with E-state index in [1.54, 1.807) is 18.5 Å². The number of benzene rings is 1. The Balaban J connectivity index is 1.88. The second kappa shape index (κ2) is 8.09. The van der Waals surface area contributed by atoms with Crippen molar-refractivity contribution in [3.05, 3.63) is 36.2 Å². The maximum Gasteiger partial charge on any atom is 0.238 e. The minimum absolute atomic E-state index is 0.0377. The SMILES string of the molecule is CC(C)n1cnc2c(NCc3ccc(S(N)(=O)=O)cc3)nc(NCCO)nc21. The minimum Gasteiger partial charge on any atom is -0.395 e. The van der Waals surface area contributed by atoms with Crippen molar-refractivity contribution < 1.29 is 13.5 Å². The molecule has 2 heterocycles. The first kappa shape index (κ1) is 20.0. The van der Waals surface area contributed by atoms with Gasteiger partial charge in [0.25, 0.3) is 0 Å². The van der Waals surface area contributed by atoms with Crippen LogP contribution in [0.15, 0.2) is 35.5 Å². The third kappa shape index (κ3) is 4.38. The van der Waals surface area contributed by atoms with Gasteiger partial charge in [0.2, 0.25) is 16.0 Å². The van der Waals surface area contributed by atoms with Crippen LogP contribution in [0.1, 0.15) is 25.5 Å². The highest BCUT2D eigenvalue weighted by atomic mass is 32.2. The van der Waals surface area contributed by atoms with Crippen molar-refractivity contribution in [2.45, 2.75) is 31.3 Å². The molecule has 150 valence electrons. The Bertz CT molecular complexity index is 1060. The summed E-state index contributed by atoms with van der Waals surface area (Å²) < 4.78 is 24.7. The van der Waals surface area contributed by atoms with Crippen molar-refractivity contribution in [3.8, 4) is 0 Å². The third-order valence-corrected chi connectivity index (χ3v) is 5.01. The van der Waals surface area contributed by atoms with E-state index in [1.807, 2.05) is 18.4 Å². The average Bonchev–Trinajstić information content (AvgIpc) is 3.08. The largest absolute Gasteiger partial charge is 0.395 e. The Morgan fingerprint density at radius 1 is 1.18 bits per heavy atom. The number of primary sulfonamides is 1. The van der Waals surface area contributed by atoms with Gasteiger partial charge in [-0.2, -0.15) is 9.97 Å². The zero-order valence-corrected chi connectivity index (χ0v) is 16.4. The van der Waals surface area contributed by atoms with E-state index in [9.17, 15) is 8.42 Å². The van der Waals surface area contributed by atoms with Crippen LogP contribution in [0.25, 0.3) is 11.2 Å². The minimum atomic E-state index is -3.72. The number of nitrogens with one attached hydrogen (secondary N) is 2. The average molecular weight is 405 g/mol. The van der Waals surface area contributed by atoms with Crippen LogP contribution in [0.2, 0.25) is 0 Å². The molecule has 10 nitrogen and oxygen atoms in total. The van der Waals surface area contributed by atoms with Gasteiger partial charge in [-0.25, -0.2) is 18.5 Å². The van der Waals surface area contributed by atoms with Gasteiger partial charge in [0.15, 0.2) is 17.0 Å². The number of nitrogens with zero attached hydrogens (tertiary/aromatic N) is 4. The highest BCUT2D eigenvalue weighted by Crippen LogP contribution is 2.24. The van der Waals surface area contributed by atoms with Crippen molar-refractivity contribution in [2.75, 3.05) is 23.8 Å². The summed E-state index contributed by atoms with van der Waals surface area (Å²) in [6, 6.07) is 6.46. The van der Waals surface area contributed by atoms with Crippen LogP contribution < -0.4 is 15.8 Å². The van der Waals surface area contributed by atoms with E-state index in [1.165, 1.54) is 12.1 Å². The number of sulfonamides is 1. The fraction of sp³-hybridized carbons (Fsp3) is 0.353. The molecule has 0 atom stereocenters. The molecule has 0 saturated carbocycles. The number of rotatable bonds is 8. The molecule has 0 aliphatic heterocycles. The zero-order valence-electron chi connectivity index (χ0n) is 15.6. The molecule has 0 bridgehead atoms. The first-order chi connectivity index (χ1) is 13.3. The number of fused-ring (bicyclic) bond motifs is 1. The fourth-order valence-electron chi connectivity index (χ4n) is 2.65. The highest BCUT2D eigenvalue weighted by Gasteiger charge is 2.15. The number of aliphatic hydroxyl groups excluding tert-OH is 1. The molecule has 3 rings (SSSR count). The predicted molar refractivity (Wildman–Crippen MR) is 106 cm³/mol. The molecule has 0 radical (unpaired) electrons. The molecule has 0 amide bonds. The van der Waals surface area contributed by atoms with Crippen LogP contribution in [0.5, 0.6) is 0 Å². The lowest BCUT2D eigenvalue weighted by molar-refractivity contribution is 0.311. The monoisotopic (exact) mass is 405 g/mol. The first-order valence-electron chi connectivity index (χ1n) is 8.74. The second-order valence-corrected chi connectivity index (χ2v) is 8.07. The summed E-state index contributed by atoms with van der Waals surface area (Å²) >= 11 is 0. The first-order valence-corrected chi connectivity index (χ1v) is 10.3. The summed E-state index contributed by atoms with van der Waals surface area (Å²) in [7, 11) is -3.72. The molecule has 28 heavy (non-hydrogen) atoms. The van der Waals surface area contributed by atoms with Gasteiger partial charge in [-0.15, -0.1) is 0 Å². The number of aromatic nitrogens is 4. The Morgan fingerprint density at radius 3 is 2.50 bits per heavy atom. The van der Waals surface area contributed by atoms with Gasteiger partial charge < -0.3 is 20.3 Å². The zero-order chi connectivity index (χ0) is 20.3. The van der Waals surface area contributed by atoms with Gasteiger partial charge in [-0.05, 0) is 31.5 Å². The van der Waals surface area contributed by atoms with E-state index in [-0.39, 0.29) is 17.5 Å². The smallest absolute Gasteiger partial charge is 0.238 e.